The molecule has 2 rings (SSSR count). The van der Waals surface area contributed by atoms with Crippen molar-refractivity contribution in [3.05, 3.63) is 29.8 Å². The minimum Gasteiger partial charge on any atom is -0.444 e. The van der Waals surface area contributed by atoms with Crippen molar-refractivity contribution in [3.8, 4) is 0 Å². The van der Waals surface area contributed by atoms with Gasteiger partial charge in [-0.1, -0.05) is 12.1 Å². The minimum atomic E-state index is -0.477. The highest BCUT2D eigenvalue weighted by molar-refractivity contribution is 5.93. The van der Waals surface area contributed by atoms with Crippen LogP contribution in [-0.4, -0.2) is 59.6 Å². The second-order valence-corrected chi connectivity index (χ2v) is 7.42. The van der Waals surface area contributed by atoms with Crippen molar-refractivity contribution >= 4 is 23.7 Å². The molecule has 1 aliphatic heterocycles. The van der Waals surface area contributed by atoms with Gasteiger partial charge in [-0.25, -0.2) is 9.79 Å². The highest BCUT2D eigenvalue weighted by Gasteiger charge is 2.25. The van der Waals surface area contributed by atoms with Crippen molar-refractivity contribution in [3.63, 3.8) is 0 Å². The SMILES string of the molecule is CC(C)(C)OC(=O)N1CCN(Cc2cccc(N=C(N)N=C(N)N)c2)CC1. The summed E-state index contributed by atoms with van der Waals surface area (Å²) in [4.78, 5) is 24.1. The predicted octanol–water partition coefficient (Wildman–Crippen LogP) is 0.959. The van der Waals surface area contributed by atoms with Crippen molar-refractivity contribution in [2.24, 2.45) is 27.2 Å². The fourth-order valence-corrected chi connectivity index (χ4v) is 2.69. The Kier molecular flexibility index (Phi) is 6.62. The molecule has 1 amide bonds. The van der Waals surface area contributed by atoms with Gasteiger partial charge >= 0.3 is 6.09 Å². The van der Waals surface area contributed by atoms with Crippen LogP contribution in [0, 0.1) is 0 Å². The van der Waals surface area contributed by atoms with E-state index >= 15 is 0 Å². The van der Waals surface area contributed by atoms with Gasteiger partial charge in [0.1, 0.15) is 5.60 Å². The van der Waals surface area contributed by atoms with E-state index in [1.54, 1.807) is 4.90 Å². The van der Waals surface area contributed by atoms with Crippen LogP contribution in [-0.2, 0) is 11.3 Å². The van der Waals surface area contributed by atoms with Crippen molar-refractivity contribution in [2.45, 2.75) is 32.9 Å². The van der Waals surface area contributed by atoms with Gasteiger partial charge in [0.05, 0.1) is 5.69 Å². The van der Waals surface area contributed by atoms with Gasteiger partial charge in [-0.15, -0.1) is 0 Å². The lowest BCUT2D eigenvalue weighted by Gasteiger charge is -2.35. The van der Waals surface area contributed by atoms with E-state index in [0.29, 0.717) is 18.8 Å². The lowest BCUT2D eigenvalue weighted by molar-refractivity contribution is 0.0139. The predicted molar refractivity (Wildman–Crippen MR) is 107 cm³/mol. The third-order valence-corrected chi connectivity index (χ3v) is 3.83. The van der Waals surface area contributed by atoms with Gasteiger partial charge in [-0.05, 0) is 38.5 Å². The van der Waals surface area contributed by atoms with Gasteiger partial charge in [0.2, 0.25) is 5.96 Å². The van der Waals surface area contributed by atoms with Crippen LogP contribution >= 0.6 is 0 Å². The smallest absolute Gasteiger partial charge is 0.410 e. The molecule has 9 nitrogen and oxygen atoms in total. The average Bonchev–Trinajstić information content (AvgIpc) is 2.53. The summed E-state index contributed by atoms with van der Waals surface area (Å²) in [6.07, 6.45) is -0.256. The molecule has 1 aromatic rings. The highest BCUT2D eigenvalue weighted by atomic mass is 16.6. The van der Waals surface area contributed by atoms with Crippen LogP contribution in [0.3, 0.4) is 0 Å². The van der Waals surface area contributed by atoms with E-state index < -0.39 is 5.60 Å². The second kappa shape index (κ2) is 8.72. The maximum absolute atomic E-state index is 12.1. The summed E-state index contributed by atoms with van der Waals surface area (Å²) < 4.78 is 5.42. The quantitative estimate of drug-likeness (QED) is 0.532. The summed E-state index contributed by atoms with van der Waals surface area (Å²) in [6, 6.07) is 7.71. The molecular formula is C18H29N7O2. The summed E-state index contributed by atoms with van der Waals surface area (Å²) in [5.41, 5.74) is 17.6. The number of nitrogens with zero attached hydrogens (tertiary/aromatic N) is 4. The topological polar surface area (TPSA) is 136 Å². The Morgan fingerprint density at radius 3 is 2.41 bits per heavy atom. The molecule has 0 saturated carbocycles. The summed E-state index contributed by atoms with van der Waals surface area (Å²) in [6.45, 7) is 9.22. The van der Waals surface area contributed by atoms with E-state index in [2.05, 4.69) is 14.9 Å². The molecule has 1 aliphatic rings. The molecule has 0 spiro atoms. The Balaban J connectivity index is 1.91. The molecule has 1 saturated heterocycles. The number of nitrogens with two attached hydrogens (primary N) is 3. The van der Waals surface area contributed by atoms with Crippen molar-refractivity contribution in [1.29, 1.82) is 0 Å². The molecule has 148 valence electrons. The van der Waals surface area contributed by atoms with E-state index in [0.717, 1.165) is 25.2 Å². The van der Waals surface area contributed by atoms with Gasteiger partial charge in [-0.3, -0.25) is 4.90 Å². The number of carbonyl (C=O) groups excluding carboxylic acids is 1. The molecule has 0 radical (unpaired) electrons. The van der Waals surface area contributed by atoms with Crippen LogP contribution in [0.15, 0.2) is 34.3 Å². The lowest BCUT2D eigenvalue weighted by Crippen LogP contribution is -2.49. The highest BCUT2D eigenvalue weighted by Crippen LogP contribution is 2.17. The first kappa shape index (κ1) is 20.5. The van der Waals surface area contributed by atoms with Crippen LogP contribution in [0.25, 0.3) is 0 Å². The Bertz CT molecular complexity index is 713. The number of hydrogen-bond donors (Lipinski definition) is 3. The first-order valence-corrected chi connectivity index (χ1v) is 8.85. The largest absolute Gasteiger partial charge is 0.444 e. The molecule has 1 heterocycles. The summed E-state index contributed by atoms with van der Waals surface area (Å²) in [7, 11) is 0. The normalized spacial score (nSPS) is 16.1. The number of amides is 1. The first-order chi connectivity index (χ1) is 12.6. The number of rotatable bonds is 3. The lowest BCUT2D eigenvalue weighted by atomic mass is 10.1. The van der Waals surface area contributed by atoms with Crippen molar-refractivity contribution in [2.75, 3.05) is 26.2 Å². The van der Waals surface area contributed by atoms with E-state index in [9.17, 15) is 4.79 Å². The van der Waals surface area contributed by atoms with Gasteiger partial charge in [0, 0.05) is 32.7 Å². The third kappa shape index (κ3) is 7.14. The molecule has 0 bridgehead atoms. The molecule has 0 unspecified atom stereocenters. The standard InChI is InChI=1S/C18H29N7O2/c1-18(2,3)27-17(26)25-9-7-24(8-10-25)12-13-5-4-6-14(11-13)22-16(21)23-15(19)20/h4-6,11H,7-10,12H2,1-3H3,(H6,19,20,21,22,23). The molecule has 1 aromatic carbocycles. The molecule has 1 fully saturated rings. The zero-order valence-corrected chi connectivity index (χ0v) is 16.2. The Morgan fingerprint density at radius 1 is 1.15 bits per heavy atom. The molecule has 0 atom stereocenters. The van der Waals surface area contributed by atoms with E-state index in [1.165, 1.54) is 0 Å². The van der Waals surface area contributed by atoms with Crippen LogP contribution in [0.5, 0.6) is 0 Å². The van der Waals surface area contributed by atoms with Gasteiger partial charge in [0.25, 0.3) is 0 Å². The average molecular weight is 375 g/mol. The van der Waals surface area contributed by atoms with E-state index in [-0.39, 0.29) is 18.0 Å². The molecular weight excluding hydrogens is 346 g/mol. The number of hydrogen-bond acceptors (Lipinski definition) is 4. The van der Waals surface area contributed by atoms with E-state index in [1.807, 2.05) is 45.0 Å². The van der Waals surface area contributed by atoms with Crippen molar-refractivity contribution < 1.29 is 9.53 Å². The summed E-state index contributed by atoms with van der Waals surface area (Å²) >= 11 is 0. The van der Waals surface area contributed by atoms with Gasteiger partial charge in [-0.2, -0.15) is 4.99 Å². The monoisotopic (exact) mass is 375 g/mol. The number of guanidine groups is 2. The van der Waals surface area contributed by atoms with Crippen LogP contribution in [0.4, 0.5) is 10.5 Å². The van der Waals surface area contributed by atoms with Gasteiger partial charge < -0.3 is 26.8 Å². The van der Waals surface area contributed by atoms with Crippen LogP contribution < -0.4 is 17.2 Å². The zero-order chi connectivity index (χ0) is 20.0. The van der Waals surface area contributed by atoms with Crippen molar-refractivity contribution in [1.82, 2.24) is 9.80 Å². The van der Waals surface area contributed by atoms with Crippen LogP contribution in [0.1, 0.15) is 26.3 Å². The fourth-order valence-electron chi connectivity index (χ4n) is 2.69. The second-order valence-electron chi connectivity index (χ2n) is 7.42. The molecule has 0 aromatic heterocycles. The Labute approximate surface area is 159 Å². The number of piperazine rings is 1. The first-order valence-electron chi connectivity index (χ1n) is 8.85. The number of carbonyl (C=O) groups is 1. The Morgan fingerprint density at radius 2 is 1.81 bits per heavy atom. The number of benzene rings is 1. The maximum atomic E-state index is 12.1. The molecule has 0 aliphatic carbocycles. The molecule has 6 N–H and O–H groups in total. The Hall–Kier alpha value is -2.81. The maximum Gasteiger partial charge on any atom is 0.410 e. The summed E-state index contributed by atoms with van der Waals surface area (Å²) in [5, 5.41) is 0. The molecule has 27 heavy (non-hydrogen) atoms. The number of ether oxygens (including phenoxy) is 1. The number of aliphatic imine (C=N–C) groups is 2. The zero-order valence-electron chi connectivity index (χ0n) is 16.2. The minimum absolute atomic E-state index is 0.0122. The van der Waals surface area contributed by atoms with Crippen LogP contribution in [0.2, 0.25) is 0 Å². The van der Waals surface area contributed by atoms with Gasteiger partial charge in [0.15, 0.2) is 5.96 Å². The fraction of sp³-hybridized carbons (Fsp3) is 0.500. The molecule has 9 heteroatoms. The van der Waals surface area contributed by atoms with E-state index in [4.69, 9.17) is 21.9 Å². The summed E-state index contributed by atoms with van der Waals surface area (Å²) in [5.74, 6) is -0.117. The third-order valence-electron chi connectivity index (χ3n) is 3.83.